The molecule has 0 spiro atoms. The van der Waals surface area contributed by atoms with Gasteiger partial charge in [0, 0.05) is 56.7 Å². The third-order valence-corrected chi connectivity index (χ3v) is 8.39. The van der Waals surface area contributed by atoms with Crippen molar-refractivity contribution >= 4 is 11.6 Å². The minimum Gasteiger partial charge on any atom is -0.481 e. The first-order valence-corrected chi connectivity index (χ1v) is 14.8. The number of rotatable bonds is 8. The first kappa shape index (κ1) is 31.6. The first-order valence-electron chi connectivity index (χ1n) is 14.8. The molecule has 0 radical (unpaired) electrons. The summed E-state index contributed by atoms with van der Waals surface area (Å²) in [6, 6.07) is 5.59. The molecule has 0 bridgehead atoms. The summed E-state index contributed by atoms with van der Waals surface area (Å²) in [5.74, 6) is -0.453. The molecule has 0 N–H and O–H groups in total. The Morgan fingerprint density at radius 2 is 1.86 bits per heavy atom. The molecule has 44 heavy (non-hydrogen) atoms. The number of amides is 1. The molecule has 2 aromatic heterocycles. The third kappa shape index (κ3) is 6.33. The van der Waals surface area contributed by atoms with E-state index in [0.29, 0.717) is 45.1 Å². The highest BCUT2D eigenvalue weighted by molar-refractivity contribution is 5.95. The Morgan fingerprint density at radius 3 is 2.52 bits per heavy atom. The van der Waals surface area contributed by atoms with E-state index < -0.39 is 35.6 Å². The van der Waals surface area contributed by atoms with Crippen LogP contribution in [-0.2, 0) is 6.18 Å². The van der Waals surface area contributed by atoms with Gasteiger partial charge in [0.25, 0.3) is 5.91 Å². The smallest absolute Gasteiger partial charge is 0.434 e. The Balaban J connectivity index is 1.42. The number of piperazine rings is 1. The van der Waals surface area contributed by atoms with Crippen LogP contribution in [0, 0.1) is 0 Å². The van der Waals surface area contributed by atoms with Crippen LogP contribution < -0.4 is 9.47 Å². The lowest BCUT2D eigenvalue weighted by Gasteiger charge is -2.46. The van der Waals surface area contributed by atoms with Crippen LogP contribution in [-0.4, -0.2) is 114 Å². The zero-order valence-electron chi connectivity index (χ0n) is 25.4. The molecule has 3 aliphatic rings. The number of aromatic nitrogens is 2. The summed E-state index contributed by atoms with van der Waals surface area (Å²) >= 11 is 0. The minimum absolute atomic E-state index is 0.152. The molecule has 9 nitrogen and oxygen atoms in total. The van der Waals surface area contributed by atoms with Crippen LogP contribution in [0.5, 0.6) is 11.8 Å². The summed E-state index contributed by atoms with van der Waals surface area (Å²) < 4.78 is 67.5. The lowest BCUT2D eigenvalue weighted by molar-refractivity contribution is -0.141. The van der Waals surface area contributed by atoms with Gasteiger partial charge in [-0.3, -0.25) is 4.79 Å². The standard InChI is InChI=1S/C31H38F4N6O3/c1-5-20-16-39(30(42)23-10-12-27(43-4)37-28(23)31(33,34)35)14-15-40(20)21-9-11-25(22-8-7-13-36-29(22)44-6-2)41(17-21)26-19-38(3)18-24(26)32/h7-13,20,24,26H,5-6,14-19H2,1-4H3/t20-,24-,26-/m1/s1. The van der Waals surface area contributed by atoms with Gasteiger partial charge in [-0.05, 0) is 50.7 Å². The second kappa shape index (κ2) is 13.0. The number of nitrogens with zero attached hydrogens (tertiary/aromatic N) is 6. The molecule has 1 amide bonds. The number of likely N-dealkylation sites (N-methyl/N-ethyl adjacent to an activating group) is 1. The highest BCUT2D eigenvalue weighted by Gasteiger charge is 2.42. The number of carbonyl (C=O) groups is 1. The zero-order valence-corrected chi connectivity index (χ0v) is 25.4. The molecule has 2 fully saturated rings. The molecule has 0 aliphatic carbocycles. The van der Waals surface area contributed by atoms with Crippen molar-refractivity contribution in [2.45, 2.75) is 44.7 Å². The van der Waals surface area contributed by atoms with Gasteiger partial charge in [-0.15, -0.1) is 0 Å². The normalized spacial score (nSPS) is 23.0. The number of ether oxygens (including phenoxy) is 2. The maximum absolute atomic E-state index is 15.4. The fraction of sp³-hybridized carbons (Fsp3) is 0.516. The third-order valence-electron chi connectivity index (χ3n) is 8.39. The molecule has 3 aliphatic heterocycles. The Labute approximate surface area is 254 Å². The van der Waals surface area contributed by atoms with Gasteiger partial charge in [0.1, 0.15) is 6.17 Å². The molecule has 2 saturated heterocycles. The monoisotopic (exact) mass is 618 g/mol. The number of allylic oxidation sites excluding steroid dienone is 2. The zero-order chi connectivity index (χ0) is 31.6. The van der Waals surface area contributed by atoms with Crippen LogP contribution in [0.3, 0.4) is 0 Å². The summed E-state index contributed by atoms with van der Waals surface area (Å²) in [6.07, 6.45) is 0.413. The van der Waals surface area contributed by atoms with Crippen LogP contribution in [0.1, 0.15) is 41.9 Å². The molecule has 238 valence electrons. The largest absolute Gasteiger partial charge is 0.481 e. The summed E-state index contributed by atoms with van der Waals surface area (Å²) in [5.41, 5.74) is 0.797. The first-order chi connectivity index (χ1) is 21.0. The van der Waals surface area contributed by atoms with Crippen molar-refractivity contribution in [3.63, 3.8) is 0 Å². The summed E-state index contributed by atoms with van der Waals surface area (Å²) in [6.45, 7) is 6.49. The van der Waals surface area contributed by atoms with Crippen molar-refractivity contribution in [1.82, 2.24) is 29.6 Å². The van der Waals surface area contributed by atoms with Gasteiger partial charge in [-0.25, -0.2) is 14.4 Å². The highest BCUT2D eigenvalue weighted by atomic mass is 19.4. The van der Waals surface area contributed by atoms with Gasteiger partial charge in [-0.2, -0.15) is 13.2 Å². The van der Waals surface area contributed by atoms with Crippen LogP contribution in [0.2, 0.25) is 0 Å². The SMILES string of the molecule is CCOc1ncccc1C1=CC=C(N2CCN(C(=O)c3ccc(OC)nc3C(F)(F)F)C[C@H]2CC)CN1[C@@H]1CN(C)C[C@H]1F. The second-order valence-corrected chi connectivity index (χ2v) is 11.2. The van der Waals surface area contributed by atoms with E-state index in [0.717, 1.165) is 23.0 Å². The average molecular weight is 619 g/mol. The van der Waals surface area contributed by atoms with Crippen LogP contribution >= 0.6 is 0 Å². The van der Waals surface area contributed by atoms with Gasteiger partial charge in [0.15, 0.2) is 5.69 Å². The van der Waals surface area contributed by atoms with E-state index in [1.165, 1.54) is 18.1 Å². The molecule has 0 saturated carbocycles. The Kier molecular flexibility index (Phi) is 9.33. The lowest BCUT2D eigenvalue weighted by Crippen LogP contribution is -2.56. The number of carbonyl (C=O) groups excluding carboxylic acids is 1. The van der Waals surface area contributed by atoms with Gasteiger partial charge in [0.2, 0.25) is 11.8 Å². The number of pyridine rings is 2. The number of hydrogen-bond donors (Lipinski definition) is 0. The molecule has 3 atom stereocenters. The number of likely N-dealkylation sites (tertiary alicyclic amines) is 1. The molecule has 2 aromatic rings. The van der Waals surface area contributed by atoms with Crippen molar-refractivity contribution in [1.29, 1.82) is 0 Å². The summed E-state index contributed by atoms with van der Waals surface area (Å²) in [5, 5.41) is 0. The predicted octanol–water partition coefficient (Wildman–Crippen LogP) is 4.33. The van der Waals surface area contributed by atoms with E-state index in [4.69, 9.17) is 9.47 Å². The van der Waals surface area contributed by atoms with Crippen molar-refractivity contribution in [2.24, 2.45) is 0 Å². The van der Waals surface area contributed by atoms with Gasteiger partial charge < -0.3 is 29.1 Å². The fourth-order valence-corrected chi connectivity index (χ4v) is 6.25. The maximum Gasteiger partial charge on any atom is 0.434 e. The minimum atomic E-state index is -4.81. The molecule has 5 heterocycles. The Bertz CT molecular complexity index is 1420. The molecular weight excluding hydrogens is 580 g/mol. The van der Waals surface area contributed by atoms with Crippen LogP contribution in [0.25, 0.3) is 5.70 Å². The van der Waals surface area contributed by atoms with Crippen molar-refractivity contribution < 1.29 is 31.8 Å². The summed E-state index contributed by atoms with van der Waals surface area (Å²) in [4.78, 5) is 29.1. The molecular formula is C31H38F4N6O3. The van der Waals surface area contributed by atoms with E-state index in [1.54, 1.807) is 6.20 Å². The lowest BCUT2D eigenvalue weighted by atomic mass is 10.0. The highest BCUT2D eigenvalue weighted by Crippen LogP contribution is 2.37. The van der Waals surface area contributed by atoms with Crippen LogP contribution in [0.4, 0.5) is 17.6 Å². The van der Waals surface area contributed by atoms with E-state index in [-0.39, 0.29) is 25.0 Å². The number of alkyl halides is 4. The van der Waals surface area contributed by atoms with Crippen molar-refractivity contribution in [3.8, 4) is 11.8 Å². The van der Waals surface area contributed by atoms with E-state index in [1.807, 2.05) is 50.1 Å². The maximum atomic E-state index is 15.4. The number of hydrogen-bond acceptors (Lipinski definition) is 8. The van der Waals surface area contributed by atoms with E-state index in [2.05, 4.69) is 19.8 Å². The second-order valence-electron chi connectivity index (χ2n) is 11.2. The van der Waals surface area contributed by atoms with Gasteiger partial charge in [-0.1, -0.05) is 6.92 Å². The molecule has 13 heteroatoms. The summed E-state index contributed by atoms with van der Waals surface area (Å²) in [7, 11) is 3.12. The van der Waals surface area contributed by atoms with Crippen LogP contribution in [0.15, 0.2) is 48.3 Å². The quantitative estimate of drug-likeness (QED) is 0.405. The molecule has 0 aromatic carbocycles. The topological polar surface area (TPSA) is 74.3 Å². The number of halogens is 4. The number of methoxy groups -OCH3 is 1. The average Bonchev–Trinajstić information content (AvgIpc) is 3.37. The fourth-order valence-electron chi connectivity index (χ4n) is 6.25. The van der Waals surface area contributed by atoms with E-state index in [9.17, 15) is 18.0 Å². The van der Waals surface area contributed by atoms with Crippen molar-refractivity contribution in [2.75, 3.05) is 60.0 Å². The Hall–Kier alpha value is -3.87. The Morgan fingerprint density at radius 1 is 1.07 bits per heavy atom. The van der Waals surface area contributed by atoms with Gasteiger partial charge in [0.05, 0.1) is 43.1 Å². The van der Waals surface area contributed by atoms with E-state index >= 15 is 4.39 Å². The van der Waals surface area contributed by atoms with Crippen molar-refractivity contribution in [3.05, 3.63) is 65.1 Å². The molecule has 5 rings (SSSR count). The predicted molar refractivity (Wildman–Crippen MR) is 157 cm³/mol. The molecule has 0 unspecified atom stereocenters. The van der Waals surface area contributed by atoms with Gasteiger partial charge >= 0.3 is 6.18 Å².